The molecular weight excluding hydrogens is 156 g/mol. The van der Waals surface area contributed by atoms with Crippen LogP contribution in [0.25, 0.3) is 0 Å². The van der Waals surface area contributed by atoms with Crippen molar-refractivity contribution in [2.75, 3.05) is 0 Å². The lowest BCUT2D eigenvalue weighted by atomic mass is 10.1. The van der Waals surface area contributed by atoms with Crippen molar-refractivity contribution in [2.45, 2.75) is 6.92 Å². The van der Waals surface area contributed by atoms with Gasteiger partial charge >= 0.3 is 5.97 Å². The first-order chi connectivity index (χ1) is 5.54. The number of carbonyl (C=O) groups is 2. The van der Waals surface area contributed by atoms with Crippen LogP contribution >= 0.6 is 0 Å². The van der Waals surface area contributed by atoms with Crippen LogP contribution < -0.4 is 0 Å². The highest BCUT2D eigenvalue weighted by atomic mass is 16.4. The minimum atomic E-state index is -1.17. The number of aliphatic carboxylic acids is 1. The third-order valence-electron chi connectivity index (χ3n) is 1.31. The van der Waals surface area contributed by atoms with Crippen molar-refractivity contribution in [3.05, 3.63) is 36.5 Å². The Labute approximate surface area is 70.7 Å². The maximum atomic E-state index is 10.8. The molecule has 0 aromatic heterocycles. The molecule has 3 heteroatoms. The number of carboxylic acid groups (broad SMARTS) is 1. The zero-order valence-electron chi connectivity index (χ0n) is 6.83. The van der Waals surface area contributed by atoms with Crippen molar-refractivity contribution >= 4 is 11.8 Å². The Hall–Kier alpha value is -1.64. The summed E-state index contributed by atoms with van der Waals surface area (Å²) in [5, 5.41) is 8.59. The Morgan fingerprint density at radius 1 is 1.17 bits per heavy atom. The predicted octanol–water partition coefficient (Wildman–Crippen LogP) is 1.33. The first kappa shape index (κ1) is 10.4. The molecule has 0 saturated heterocycles. The van der Waals surface area contributed by atoms with Crippen LogP contribution in [0.1, 0.15) is 6.92 Å². The van der Waals surface area contributed by atoms with E-state index in [0.717, 1.165) is 6.08 Å². The van der Waals surface area contributed by atoms with Gasteiger partial charge in [-0.05, 0) is 6.92 Å². The molecule has 0 aliphatic rings. The normalized spacial score (nSPS) is 11.4. The number of carbonyl (C=O) groups excluding carboxylic acids is 1. The van der Waals surface area contributed by atoms with E-state index in [1.165, 1.54) is 13.0 Å². The van der Waals surface area contributed by atoms with Gasteiger partial charge in [0.25, 0.3) is 0 Å². The molecule has 0 aromatic carbocycles. The zero-order valence-corrected chi connectivity index (χ0v) is 6.83. The number of allylic oxidation sites excluding steroid dienone is 2. The first-order valence-corrected chi connectivity index (χ1v) is 3.28. The highest BCUT2D eigenvalue weighted by Crippen LogP contribution is 2.08. The van der Waals surface area contributed by atoms with Gasteiger partial charge in [-0.1, -0.05) is 25.3 Å². The van der Waals surface area contributed by atoms with E-state index < -0.39 is 5.97 Å². The number of hydrogen-bond donors (Lipinski definition) is 1. The molecule has 64 valence electrons. The Morgan fingerprint density at radius 2 is 1.58 bits per heavy atom. The summed E-state index contributed by atoms with van der Waals surface area (Å²) in [6.07, 6.45) is 2.34. The fourth-order valence-corrected chi connectivity index (χ4v) is 0.756. The molecule has 0 heterocycles. The van der Waals surface area contributed by atoms with E-state index in [2.05, 4.69) is 13.2 Å². The van der Waals surface area contributed by atoms with E-state index in [9.17, 15) is 9.59 Å². The second kappa shape index (κ2) is 4.28. The fraction of sp³-hybridized carbons (Fsp3) is 0.111. The van der Waals surface area contributed by atoms with Gasteiger partial charge in [0.1, 0.15) is 0 Å². The lowest BCUT2D eigenvalue weighted by molar-refractivity contribution is -0.132. The molecule has 0 atom stereocenters. The van der Waals surface area contributed by atoms with Crippen molar-refractivity contribution in [3.63, 3.8) is 0 Å². The van der Waals surface area contributed by atoms with Gasteiger partial charge < -0.3 is 5.11 Å². The molecule has 0 aromatic rings. The van der Waals surface area contributed by atoms with E-state index in [0.29, 0.717) is 0 Å². The van der Waals surface area contributed by atoms with Gasteiger partial charge in [-0.15, -0.1) is 0 Å². The molecule has 0 radical (unpaired) electrons. The van der Waals surface area contributed by atoms with Gasteiger partial charge in [-0.2, -0.15) is 0 Å². The second-order valence-electron chi connectivity index (χ2n) is 2.10. The van der Waals surface area contributed by atoms with Gasteiger partial charge in [0, 0.05) is 5.57 Å². The molecular formula is C9H10O3. The molecule has 0 bridgehead atoms. The molecule has 0 saturated carbocycles. The predicted molar refractivity (Wildman–Crippen MR) is 45.7 cm³/mol. The van der Waals surface area contributed by atoms with Gasteiger partial charge in [-0.3, -0.25) is 4.79 Å². The van der Waals surface area contributed by atoms with E-state index in [-0.39, 0.29) is 16.9 Å². The standard InChI is InChI=1S/C9H10O3/c1-4-7(6(3)10)8(5-2)9(11)12/h4-5H,1-2H2,3H3,(H,11,12)/b8-7-. The summed E-state index contributed by atoms with van der Waals surface area (Å²) in [7, 11) is 0. The van der Waals surface area contributed by atoms with Crippen LogP contribution in [0.2, 0.25) is 0 Å². The minimum Gasteiger partial charge on any atom is -0.478 e. The fourth-order valence-electron chi connectivity index (χ4n) is 0.756. The zero-order chi connectivity index (χ0) is 9.72. The summed E-state index contributed by atoms with van der Waals surface area (Å²) in [4.78, 5) is 21.3. The van der Waals surface area contributed by atoms with Gasteiger partial charge in [0.15, 0.2) is 5.78 Å². The molecule has 0 spiro atoms. The minimum absolute atomic E-state index is 0.0810. The van der Waals surface area contributed by atoms with Crippen LogP contribution in [0.3, 0.4) is 0 Å². The number of ketones is 1. The van der Waals surface area contributed by atoms with Crippen molar-refractivity contribution < 1.29 is 14.7 Å². The Balaban J connectivity index is 5.30. The molecule has 0 aliphatic carbocycles. The molecule has 12 heavy (non-hydrogen) atoms. The highest BCUT2D eigenvalue weighted by molar-refractivity contribution is 6.05. The SMILES string of the molecule is C=C/C(C(C)=O)=C(\C=C)C(=O)O. The van der Waals surface area contributed by atoms with E-state index in [1.54, 1.807) is 0 Å². The smallest absolute Gasteiger partial charge is 0.336 e. The third kappa shape index (κ3) is 2.20. The average Bonchev–Trinajstić information content (AvgIpc) is 1.98. The summed E-state index contributed by atoms with van der Waals surface area (Å²) >= 11 is 0. The quantitative estimate of drug-likeness (QED) is 0.506. The van der Waals surface area contributed by atoms with Crippen LogP contribution in [0.5, 0.6) is 0 Å². The van der Waals surface area contributed by atoms with Crippen LogP contribution in [0.4, 0.5) is 0 Å². The Kier molecular flexibility index (Phi) is 3.70. The summed E-state index contributed by atoms with van der Waals surface area (Å²) in [6.45, 7) is 7.92. The Bertz CT molecular complexity index is 243. The van der Waals surface area contributed by atoms with Crippen LogP contribution in [-0.2, 0) is 9.59 Å². The lowest BCUT2D eigenvalue weighted by Crippen LogP contribution is -2.05. The molecule has 0 rings (SSSR count). The maximum Gasteiger partial charge on any atom is 0.336 e. The Morgan fingerprint density at radius 3 is 1.67 bits per heavy atom. The van der Waals surface area contributed by atoms with Crippen LogP contribution in [0.15, 0.2) is 36.5 Å². The van der Waals surface area contributed by atoms with Crippen molar-refractivity contribution in [3.8, 4) is 0 Å². The van der Waals surface area contributed by atoms with Crippen molar-refractivity contribution in [1.82, 2.24) is 0 Å². The van der Waals surface area contributed by atoms with Crippen molar-refractivity contribution in [2.24, 2.45) is 0 Å². The van der Waals surface area contributed by atoms with Gasteiger partial charge in [-0.25, -0.2) is 4.79 Å². The van der Waals surface area contributed by atoms with Gasteiger partial charge in [0.05, 0.1) is 5.57 Å². The first-order valence-electron chi connectivity index (χ1n) is 3.28. The van der Waals surface area contributed by atoms with Crippen LogP contribution in [0, 0.1) is 0 Å². The van der Waals surface area contributed by atoms with Crippen LogP contribution in [-0.4, -0.2) is 16.9 Å². The summed E-state index contributed by atoms with van der Waals surface area (Å²) in [6, 6.07) is 0. The topological polar surface area (TPSA) is 54.4 Å². The molecule has 3 nitrogen and oxygen atoms in total. The number of Topliss-reactive ketones (excluding diaryl/α,β-unsaturated/α-hetero) is 1. The second-order valence-corrected chi connectivity index (χ2v) is 2.10. The molecule has 0 amide bonds. The monoisotopic (exact) mass is 166 g/mol. The summed E-state index contributed by atoms with van der Waals surface area (Å²) in [5.74, 6) is -1.50. The molecule has 0 unspecified atom stereocenters. The number of hydrogen-bond acceptors (Lipinski definition) is 2. The van der Waals surface area contributed by atoms with Gasteiger partial charge in [0.2, 0.25) is 0 Å². The molecule has 0 fully saturated rings. The summed E-state index contributed by atoms with van der Waals surface area (Å²) < 4.78 is 0. The average molecular weight is 166 g/mol. The highest BCUT2D eigenvalue weighted by Gasteiger charge is 2.11. The largest absolute Gasteiger partial charge is 0.478 e. The maximum absolute atomic E-state index is 10.8. The lowest BCUT2D eigenvalue weighted by Gasteiger charge is -1.99. The molecule has 0 aliphatic heterocycles. The number of carboxylic acids is 1. The number of rotatable bonds is 4. The third-order valence-corrected chi connectivity index (χ3v) is 1.31. The van der Waals surface area contributed by atoms with E-state index in [4.69, 9.17) is 5.11 Å². The van der Waals surface area contributed by atoms with E-state index in [1.807, 2.05) is 0 Å². The molecule has 1 N–H and O–H groups in total. The van der Waals surface area contributed by atoms with Crippen molar-refractivity contribution in [1.29, 1.82) is 0 Å². The summed E-state index contributed by atoms with van der Waals surface area (Å²) in [5.41, 5.74) is -0.0324. The van der Waals surface area contributed by atoms with E-state index >= 15 is 0 Å².